The van der Waals surface area contributed by atoms with Gasteiger partial charge in [-0.15, -0.1) is 0 Å². The molecule has 0 spiro atoms. The summed E-state index contributed by atoms with van der Waals surface area (Å²) in [6.07, 6.45) is 4.93. The van der Waals surface area contributed by atoms with Crippen LogP contribution in [0.3, 0.4) is 0 Å². The molecule has 0 saturated heterocycles. The van der Waals surface area contributed by atoms with E-state index in [1.54, 1.807) is 41.5 Å². The zero-order valence-corrected chi connectivity index (χ0v) is 14.3. The maximum absolute atomic E-state index is 12.3. The summed E-state index contributed by atoms with van der Waals surface area (Å²) in [5, 5.41) is 14.8. The second-order valence-corrected chi connectivity index (χ2v) is 7.25. The molecule has 0 saturated carbocycles. The molecule has 0 atom stereocenters. The van der Waals surface area contributed by atoms with Crippen LogP contribution < -0.4 is 4.72 Å². The van der Waals surface area contributed by atoms with Crippen LogP contribution in [0.1, 0.15) is 11.1 Å². The largest absolute Gasteiger partial charge is 0.269 e. The second-order valence-electron chi connectivity index (χ2n) is 5.44. The number of non-ortho nitro benzene ring substituents is 1. The van der Waals surface area contributed by atoms with Crippen LogP contribution in [-0.4, -0.2) is 28.1 Å². The molecule has 2 aromatic heterocycles. The van der Waals surface area contributed by atoms with E-state index in [4.69, 9.17) is 0 Å². The Morgan fingerprint density at radius 3 is 2.54 bits per heavy atom. The summed E-state index contributed by atoms with van der Waals surface area (Å²) in [5.41, 5.74) is 1.04. The first kappa shape index (κ1) is 17.7. The number of sulfonamides is 1. The summed E-state index contributed by atoms with van der Waals surface area (Å²) in [7, 11) is -3.63. The number of nitro groups is 1. The molecule has 3 aromatic rings. The van der Waals surface area contributed by atoms with Crippen molar-refractivity contribution in [3.8, 4) is 5.82 Å². The Bertz CT molecular complexity index is 1000. The summed E-state index contributed by atoms with van der Waals surface area (Å²) in [6, 6.07) is 10.6. The number of hydrogen-bond donors (Lipinski definition) is 1. The first-order valence-electron chi connectivity index (χ1n) is 7.59. The summed E-state index contributed by atoms with van der Waals surface area (Å²) in [4.78, 5) is 14.3. The van der Waals surface area contributed by atoms with Crippen LogP contribution in [0.2, 0.25) is 0 Å². The minimum atomic E-state index is -3.63. The van der Waals surface area contributed by atoms with Crippen molar-refractivity contribution in [2.24, 2.45) is 0 Å². The first-order valence-corrected chi connectivity index (χ1v) is 9.24. The zero-order chi connectivity index (χ0) is 18.6. The van der Waals surface area contributed by atoms with Crippen LogP contribution in [0.25, 0.3) is 5.82 Å². The van der Waals surface area contributed by atoms with Crippen LogP contribution in [0.15, 0.2) is 61.1 Å². The van der Waals surface area contributed by atoms with Crippen LogP contribution in [0, 0.1) is 10.1 Å². The van der Waals surface area contributed by atoms with Crippen molar-refractivity contribution in [1.82, 2.24) is 19.5 Å². The van der Waals surface area contributed by atoms with Crippen molar-refractivity contribution in [3.05, 3.63) is 82.3 Å². The summed E-state index contributed by atoms with van der Waals surface area (Å²) >= 11 is 0. The highest BCUT2D eigenvalue weighted by molar-refractivity contribution is 7.88. The molecule has 0 fully saturated rings. The number of nitrogens with one attached hydrogen (secondary N) is 1. The summed E-state index contributed by atoms with van der Waals surface area (Å²) in [6.45, 7) is 0.0539. The van der Waals surface area contributed by atoms with Gasteiger partial charge in [-0.2, -0.15) is 5.10 Å². The van der Waals surface area contributed by atoms with Crippen LogP contribution in [0.5, 0.6) is 0 Å². The van der Waals surface area contributed by atoms with E-state index in [2.05, 4.69) is 14.8 Å². The standard InChI is InChI=1S/C16H15N5O4S/c22-21(23)15-6-4-13(5-7-15)12-26(24,25)19-11-14-3-1-8-17-16(14)20-10-2-9-18-20/h1-10,19H,11-12H2. The molecule has 0 aliphatic carbocycles. The topological polar surface area (TPSA) is 120 Å². The van der Waals surface area contributed by atoms with Crippen LogP contribution in [-0.2, 0) is 22.3 Å². The molecule has 0 unspecified atom stereocenters. The van der Waals surface area contributed by atoms with Crippen molar-refractivity contribution in [3.63, 3.8) is 0 Å². The van der Waals surface area contributed by atoms with Gasteiger partial charge in [0.05, 0.1) is 10.7 Å². The van der Waals surface area contributed by atoms with Gasteiger partial charge in [-0.1, -0.05) is 18.2 Å². The molecule has 0 aliphatic rings. The highest BCUT2D eigenvalue weighted by Gasteiger charge is 2.14. The van der Waals surface area contributed by atoms with Gasteiger partial charge in [-0.25, -0.2) is 22.8 Å². The van der Waals surface area contributed by atoms with E-state index in [9.17, 15) is 18.5 Å². The molecular weight excluding hydrogens is 358 g/mol. The first-order chi connectivity index (χ1) is 12.4. The molecule has 10 heteroatoms. The molecule has 3 rings (SSSR count). The van der Waals surface area contributed by atoms with Gasteiger partial charge in [-0.05, 0) is 17.7 Å². The normalized spacial score (nSPS) is 11.4. The Kier molecular flexibility index (Phi) is 5.05. The molecule has 26 heavy (non-hydrogen) atoms. The van der Waals surface area contributed by atoms with Crippen molar-refractivity contribution >= 4 is 15.7 Å². The van der Waals surface area contributed by atoms with E-state index in [0.29, 0.717) is 16.9 Å². The van der Waals surface area contributed by atoms with E-state index >= 15 is 0 Å². The summed E-state index contributed by atoms with van der Waals surface area (Å²) < 4.78 is 28.7. The van der Waals surface area contributed by atoms with Gasteiger partial charge in [0.2, 0.25) is 10.0 Å². The Balaban J connectivity index is 1.70. The molecule has 1 aromatic carbocycles. The predicted molar refractivity (Wildman–Crippen MR) is 93.9 cm³/mol. The molecule has 0 bridgehead atoms. The smallest absolute Gasteiger partial charge is 0.258 e. The third-order valence-electron chi connectivity index (χ3n) is 3.58. The fourth-order valence-corrected chi connectivity index (χ4v) is 3.45. The number of aromatic nitrogens is 3. The quantitative estimate of drug-likeness (QED) is 0.498. The van der Waals surface area contributed by atoms with Gasteiger partial charge in [-0.3, -0.25) is 10.1 Å². The minimum absolute atomic E-state index is 0.0539. The van der Waals surface area contributed by atoms with Gasteiger partial charge < -0.3 is 0 Å². The fraction of sp³-hybridized carbons (Fsp3) is 0.125. The molecule has 134 valence electrons. The fourth-order valence-electron chi connectivity index (χ4n) is 2.34. The van der Waals surface area contributed by atoms with Gasteiger partial charge in [0.1, 0.15) is 0 Å². The number of nitro benzene ring substituents is 1. The lowest BCUT2D eigenvalue weighted by Crippen LogP contribution is -2.25. The molecular formula is C16H15N5O4S. The molecule has 0 aliphatic heterocycles. The van der Waals surface area contributed by atoms with Crippen molar-refractivity contribution in [2.75, 3.05) is 0 Å². The zero-order valence-electron chi connectivity index (χ0n) is 13.5. The van der Waals surface area contributed by atoms with E-state index in [1.165, 1.54) is 24.3 Å². The van der Waals surface area contributed by atoms with E-state index < -0.39 is 14.9 Å². The highest BCUT2D eigenvalue weighted by atomic mass is 32.2. The van der Waals surface area contributed by atoms with Crippen LogP contribution >= 0.6 is 0 Å². The molecule has 9 nitrogen and oxygen atoms in total. The Morgan fingerprint density at radius 2 is 1.88 bits per heavy atom. The average Bonchev–Trinajstić information content (AvgIpc) is 3.15. The number of pyridine rings is 1. The van der Waals surface area contributed by atoms with Crippen molar-refractivity contribution in [1.29, 1.82) is 0 Å². The maximum atomic E-state index is 12.3. The Labute approximate surface area is 149 Å². The summed E-state index contributed by atoms with van der Waals surface area (Å²) in [5.74, 6) is 0.262. The monoisotopic (exact) mass is 373 g/mol. The highest BCUT2D eigenvalue weighted by Crippen LogP contribution is 2.15. The number of nitrogens with zero attached hydrogens (tertiary/aromatic N) is 4. The van der Waals surface area contributed by atoms with Gasteiger partial charge >= 0.3 is 0 Å². The lowest BCUT2D eigenvalue weighted by molar-refractivity contribution is -0.384. The van der Waals surface area contributed by atoms with Gasteiger partial charge in [0, 0.05) is 42.8 Å². The lowest BCUT2D eigenvalue weighted by Gasteiger charge is -2.10. The molecule has 0 radical (unpaired) electrons. The molecule has 2 heterocycles. The SMILES string of the molecule is O=[N+]([O-])c1ccc(CS(=O)(=O)NCc2cccnc2-n2cccn2)cc1. The second kappa shape index (κ2) is 7.42. The maximum Gasteiger partial charge on any atom is 0.269 e. The van der Waals surface area contributed by atoms with Crippen molar-refractivity contribution < 1.29 is 13.3 Å². The third-order valence-corrected chi connectivity index (χ3v) is 4.87. The number of benzene rings is 1. The average molecular weight is 373 g/mol. The van der Waals surface area contributed by atoms with Crippen LogP contribution in [0.4, 0.5) is 5.69 Å². The Morgan fingerprint density at radius 1 is 1.12 bits per heavy atom. The molecule has 0 amide bonds. The minimum Gasteiger partial charge on any atom is -0.258 e. The Hall–Kier alpha value is -3.11. The van der Waals surface area contributed by atoms with E-state index in [-0.39, 0.29) is 18.0 Å². The van der Waals surface area contributed by atoms with E-state index in [1.807, 2.05) is 0 Å². The van der Waals surface area contributed by atoms with Gasteiger partial charge in [0.15, 0.2) is 5.82 Å². The molecule has 1 N–H and O–H groups in total. The number of hydrogen-bond acceptors (Lipinski definition) is 6. The lowest BCUT2D eigenvalue weighted by atomic mass is 10.2. The third kappa shape index (κ3) is 4.29. The van der Waals surface area contributed by atoms with Crippen molar-refractivity contribution in [2.45, 2.75) is 12.3 Å². The van der Waals surface area contributed by atoms with E-state index in [0.717, 1.165) is 0 Å². The predicted octanol–water partition coefficient (Wildman–Crippen LogP) is 1.80. The van der Waals surface area contributed by atoms with Gasteiger partial charge in [0.25, 0.3) is 5.69 Å². The number of rotatable bonds is 7.